The summed E-state index contributed by atoms with van der Waals surface area (Å²) in [4.78, 5) is 9.81. The van der Waals surface area contributed by atoms with Crippen LogP contribution in [-0.2, 0) is 0 Å². The second-order valence-electron chi connectivity index (χ2n) is 4.42. The largest absolute Gasteiger partial charge is 0.451 e. The van der Waals surface area contributed by atoms with Crippen molar-refractivity contribution in [1.82, 2.24) is 0 Å². The molecule has 0 fully saturated rings. The molecule has 0 unspecified atom stereocenters. The van der Waals surface area contributed by atoms with Crippen LogP contribution >= 0.6 is 0 Å². The molecule has 2 rings (SSSR count). The topological polar surface area (TPSA) is 78.4 Å². The molecule has 21 heavy (non-hydrogen) atoms. The molecule has 0 aliphatic carbocycles. The maximum Gasteiger partial charge on any atom is 0.272 e. The summed E-state index contributed by atoms with van der Waals surface area (Å²) in [6.45, 7) is 1.63. The van der Waals surface area contributed by atoms with E-state index in [9.17, 15) is 18.9 Å². The summed E-state index contributed by atoms with van der Waals surface area (Å²) < 4.78 is 32.8. The Bertz CT molecular complexity index is 690. The van der Waals surface area contributed by atoms with Gasteiger partial charge in [-0.15, -0.1) is 0 Å². The lowest BCUT2D eigenvalue weighted by Crippen LogP contribution is -2.08. The summed E-state index contributed by atoms with van der Waals surface area (Å²) in [5, 5.41) is 10.5. The first-order valence-electron chi connectivity index (χ1n) is 6.06. The van der Waals surface area contributed by atoms with Crippen LogP contribution in [-0.4, -0.2) is 4.92 Å². The fraction of sp³-hybridized carbons (Fsp3) is 0.143. The van der Waals surface area contributed by atoms with E-state index in [1.54, 1.807) is 13.0 Å². The van der Waals surface area contributed by atoms with Crippen LogP contribution in [0.2, 0.25) is 0 Å². The Kier molecular flexibility index (Phi) is 4.13. The van der Waals surface area contributed by atoms with Crippen LogP contribution in [0.25, 0.3) is 0 Å². The number of nitrogens with two attached hydrogens (primary N) is 1. The van der Waals surface area contributed by atoms with Crippen LogP contribution in [0.3, 0.4) is 0 Å². The van der Waals surface area contributed by atoms with Gasteiger partial charge in [-0.25, -0.2) is 8.78 Å². The van der Waals surface area contributed by atoms with Crippen molar-refractivity contribution < 1.29 is 18.4 Å². The molecule has 0 heterocycles. The first kappa shape index (κ1) is 14.9. The van der Waals surface area contributed by atoms with E-state index < -0.39 is 28.3 Å². The fourth-order valence-corrected chi connectivity index (χ4v) is 1.79. The molecule has 2 aromatic carbocycles. The number of hydrogen-bond acceptors (Lipinski definition) is 4. The molecule has 0 saturated heterocycles. The number of hydrogen-bond donors (Lipinski definition) is 1. The number of non-ortho nitro benzene ring substituents is 1. The average Bonchev–Trinajstić information content (AvgIpc) is 2.42. The van der Waals surface area contributed by atoms with E-state index in [2.05, 4.69) is 0 Å². The van der Waals surface area contributed by atoms with Gasteiger partial charge in [0.1, 0.15) is 0 Å². The number of para-hydroxylation sites is 1. The molecule has 0 aromatic heterocycles. The van der Waals surface area contributed by atoms with E-state index in [0.29, 0.717) is 11.6 Å². The van der Waals surface area contributed by atoms with Gasteiger partial charge in [0.15, 0.2) is 23.1 Å². The lowest BCUT2D eigenvalue weighted by molar-refractivity contribution is -0.385. The molecule has 5 nitrogen and oxygen atoms in total. The summed E-state index contributed by atoms with van der Waals surface area (Å²) in [7, 11) is 0. The maximum atomic E-state index is 13.8. The smallest absolute Gasteiger partial charge is 0.272 e. The van der Waals surface area contributed by atoms with Crippen molar-refractivity contribution in [2.24, 2.45) is 5.73 Å². The third kappa shape index (κ3) is 3.14. The number of nitrogens with zero attached hydrogens (tertiary/aromatic N) is 1. The molecule has 7 heteroatoms. The molecule has 0 amide bonds. The first-order chi connectivity index (χ1) is 9.90. The predicted octanol–water partition coefficient (Wildman–Crippen LogP) is 3.69. The van der Waals surface area contributed by atoms with Crippen LogP contribution in [0.1, 0.15) is 18.5 Å². The van der Waals surface area contributed by atoms with Crippen LogP contribution < -0.4 is 10.5 Å². The Morgan fingerprint density at radius 3 is 2.52 bits per heavy atom. The molecular formula is C14H12F2N2O3. The molecule has 0 radical (unpaired) electrons. The van der Waals surface area contributed by atoms with Gasteiger partial charge in [0.05, 0.1) is 11.0 Å². The van der Waals surface area contributed by atoms with Gasteiger partial charge in [-0.2, -0.15) is 0 Å². The second kappa shape index (κ2) is 5.84. The van der Waals surface area contributed by atoms with Gasteiger partial charge in [0.25, 0.3) is 5.69 Å². The monoisotopic (exact) mass is 294 g/mol. The fourth-order valence-electron chi connectivity index (χ4n) is 1.79. The number of nitro groups is 1. The van der Waals surface area contributed by atoms with Gasteiger partial charge in [0.2, 0.25) is 0 Å². The molecule has 0 aliphatic heterocycles. The summed E-state index contributed by atoms with van der Waals surface area (Å²) in [6, 6.07) is 6.53. The lowest BCUT2D eigenvalue weighted by Gasteiger charge is -2.14. The number of nitro benzene ring substituents is 1. The van der Waals surface area contributed by atoms with Crippen LogP contribution in [0.4, 0.5) is 14.5 Å². The van der Waals surface area contributed by atoms with E-state index in [1.807, 2.05) is 0 Å². The van der Waals surface area contributed by atoms with E-state index in [1.165, 1.54) is 6.07 Å². The molecule has 0 bridgehead atoms. The molecular weight excluding hydrogens is 282 g/mol. The van der Waals surface area contributed by atoms with Crippen molar-refractivity contribution >= 4 is 5.69 Å². The molecule has 0 spiro atoms. The van der Waals surface area contributed by atoms with Gasteiger partial charge in [-0.1, -0.05) is 12.1 Å². The second-order valence-corrected chi connectivity index (χ2v) is 4.42. The Labute approximate surface area is 119 Å². The first-order valence-corrected chi connectivity index (χ1v) is 6.06. The molecule has 110 valence electrons. The third-order valence-electron chi connectivity index (χ3n) is 2.83. The van der Waals surface area contributed by atoms with Crippen LogP contribution in [0.15, 0.2) is 36.4 Å². The minimum Gasteiger partial charge on any atom is -0.451 e. The minimum absolute atomic E-state index is 0.194. The van der Waals surface area contributed by atoms with Crippen LogP contribution in [0.5, 0.6) is 11.5 Å². The zero-order valence-corrected chi connectivity index (χ0v) is 11.0. The Morgan fingerprint density at radius 2 is 1.95 bits per heavy atom. The quantitative estimate of drug-likeness (QED) is 0.689. The zero-order chi connectivity index (χ0) is 15.6. The summed E-state index contributed by atoms with van der Waals surface area (Å²) in [6.07, 6.45) is 0. The highest BCUT2D eigenvalue weighted by molar-refractivity contribution is 5.43. The van der Waals surface area contributed by atoms with Crippen molar-refractivity contribution in [3.8, 4) is 11.5 Å². The van der Waals surface area contributed by atoms with Crippen LogP contribution in [0, 0.1) is 21.7 Å². The highest BCUT2D eigenvalue weighted by atomic mass is 19.1. The summed E-state index contributed by atoms with van der Waals surface area (Å²) >= 11 is 0. The third-order valence-corrected chi connectivity index (χ3v) is 2.83. The van der Waals surface area contributed by atoms with Gasteiger partial charge >= 0.3 is 0 Å². The number of halogens is 2. The molecule has 2 N–H and O–H groups in total. The Balaban J connectivity index is 2.41. The average molecular weight is 294 g/mol. The van der Waals surface area contributed by atoms with Gasteiger partial charge in [-0.05, 0) is 19.1 Å². The molecule has 2 aromatic rings. The van der Waals surface area contributed by atoms with E-state index in [-0.39, 0.29) is 11.5 Å². The maximum absolute atomic E-state index is 13.8. The van der Waals surface area contributed by atoms with Crippen molar-refractivity contribution in [3.05, 3.63) is 63.7 Å². The van der Waals surface area contributed by atoms with Gasteiger partial charge < -0.3 is 10.5 Å². The number of rotatable bonds is 4. The molecule has 0 saturated carbocycles. The van der Waals surface area contributed by atoms with E-state index in [0.717, 1.165) is 18.2 Å². The normalized spacial score (nSPS) is 12.0. The van der Waals surface area contributed by atoms with Gasteiger partial charge in [0, 0.05) is 17.7 Å². The van der Waals surface area contributed by atoms with Crippen molar-refractivity contribution in [2.75, 3.05) is 0 Å². The molecule has 1 atom stereocenters. The summed E-state index contributed by atoms with van der Waals surface area (Å²) in [5.41, 5.74) is 5.66. The molecule has 0 aliphatic rings. The van der Waals surface area contributed by atoms with Crippen molar-refractivity contribution in [1.29, 1.82) is 0 Å². The highest BCUT2D eigenvalue weighted by Crippen LogP contribution is 2.33. The van der Waals surface area contributed by atoms with Gasteiger partial charge in [-0.3, -0.25) is 10.1 Å². The van der Waals surface area contributed by atoms with E-state index in [4.69, 9.17) is 10.5 Å². The minimum atomic E-state index is -0.955. The van der Waals surface area contributed by atoms with Crippen molar-refractivity contribution in [3.63, 3.8) is 0 Å². The standard InChI is InChI=1S/C14H12F2N2O3/c1-8(17)10-3-2-4-11(15)14(10)21-13-6-5-9(18(19)20)7-12(13)16/h2-8H,17H2,1H3/t8-/m1/s1. The SMILES string of the molecule is C[C@@H](N)c1cccc(F)c1Oc1ccc([N+](=O)[O-])cc1F. The Morgan fingerprint density at radius 1 is 1.24 bits per heavy atom. The zero-order valence-electron chi connectivity index (χ0n) is 11.0. The Hall–Kier alpha value is -2.54. The number of benzene rings is 2. The lowest BCUT2D eigenvalue weighted by atomic mass is 10.1. The summed E-state index contributed by atoms with van der Waals surface area (Å²) in [5.74, 6) is -2.15. The van der Waals surface area contributed by atoms with Crippen molar-refractivity contribution in [2.45, 2.75) is 13.0 Å². The number of ether oxygens (including phenoxy) is 1. The van der Waals surface area contributed by atoms with E-state index >= 15 is 0 Å². The predicted molar refractivity (Wildman–Crippen MR) is 72.1 cm³/mol. The highest BCUT2D eigenvalue weighted by Gasteiger charge is 2.17.